The molecular weight excluding hydrogens is 388 g/mol. The maximum absolute atomic E-state index is 12.3. The van der Waals surface area contributed by atoms with Crippen LogP contribution in [-0.2, 0) is 16.1 Å². The van der Waals surface area contributed by atoms with Crippen LogP contribution in [0.2, 0.25) is 0 Å². The molecule has 2 aromatic rings. The molecule has 3 rings (SSSR count). The number of aromatic nitrogens is 3. The van der Waals surface area contributed by atoms with Crippen LogP contribution in [0.25, 0.3) is 10.7 Å². The van der Waals surface area contributed by atoms with Gasteiger partial charge in [0.15, 0.2) is 11.0 Å². The Morgan fingerprint density at radius 1 is 1.41 bits per heavy atom. The highest BCUT2D eigenvalue weighted by molar-refractivity contribution is 8.00. The lowest BCUT2D eigenvalue weighted by Crippen LogP contribution is -2.43. The first-order valence-electron chi connectivity index (χ1n) is 8.47. The number of imide groups is 1. The molecule has 0 spiro atoms. The molecule has 1 aliphatic rings. The number of urea groups is 1. The van der Waals surface area contributed by atoms with E-state index in [1.54, 1.807) is 11.5 Å². The standard InChI is InChI=1S/C16H20N6O3S2/c1-9(14(24)19-15(25)18-10-4-5-10)27-16-21-20-13(11-3-2-8-26-11)22(16)7-6-12(17)23/h2-3,8-10H,4-7H2,1H3,(H2,17,23)(H2,18,19,24,25). The van der Waals surface area contributed by atoms with Crippen LogP contribution < -0.4 is 16.4 Å². The van der Waals surface area contributed by atoms with Gasteiger partial charge in [0.05, 0.1) is 10.1 Å². The van der Waals surface area contributed by atoms with E-state index in [-0.39, 0.29) is 12.5 Å². The largest absolute Gasteiger partial charge is 0.370 e. The van der Waals surface area contributed by atoms with Crippen LogP contribution in [0.5, 0.6) is 0 Å². The summed E-state index contributed by atoms with van der Waals surface area (Å²) in [5.41, 5.74) is 5.27. The van der Waals surface area contributed by atoms with Gasteiger partial charge in [-0.25, -0.2) is 4.79 Å². The Morgan fingerprint density at radius 3 is 2.81 bits per heavy atom. The van der Waals surface area contributed by atoms with Crippen LogP contribution in [0, 0.1) is 0 Å². The molecule has 2 aromatic heterocycles. The zero-order chi connectivity index (χ0) is 19.4. The average molecular weight is 409 g/mol. The second kappa shape index (κ2) is 8.53. The monoisotopic (exact) mass is 408 g/mol. The van der Waals surface area contributed by atoms with E-state index in [0.29, 0.717) is 17.5 Å². The maximum atomic E-state index is 12.3. The SMILES string of the molecule is CC(Sc1nnc(-c2cccs2)n1CCC(N)=O)C(=O)NC(=O)NC1CC1. The second-order valence-electron chi connectivity index (χ2n) is 6.15. The fraction of sp³-hybridized carbons (Fsp3) is 0.438. The summed E-state index contributed by atoms with van der Waals surface area (Å²) in [5.74, 6) is -0.229. The van der Waals surface area contributed by atoms with Gasteiger partial charge < -0.3 is 15.6 Å². The number of hydrogen-bond acceptors (Lipinski definition) is 7. The van der Waals surface area contributed by atoms with Gasteiger partial charge in [-0.1, -0.05) is 17.8 Å². The first-order valence-corrected chi connectivity index (χ1v) is 10.2. The summed E-state index contributed by atoms with van der Waals surface area (Å²) >= 11 is 2.68. The Hall–Kier alpha value is -2.40. The smallest absolute Gasteiger partial charge is 0.321 e. The number of nitrogens with two attached hydrogens (primary N) is 1. The normalized spacial score (nSPS) is 14.6. The van der Waals surface area contributed by atoms with Crippen LogP contribution in [-0.4, -0.2) is 43.9 Å². The van der Waals surface area contributed by atoms with Gasteiger partial charge in [-0.3, -0.25) is 14.9 Å². The molecule has 0 aliphatic heterocycles. The lowest BCUT2D eigenvalue weighted by Gasteiger charge is -2.13. The van der Waals surface area contributed by atoms with E-state index in [4.69, 9.17) is 5.73 Å². The van der Waals surface area contributed by atoms with Crippen molar-refractivity contribution in [2.75, 3.05) is 0 Å². The summed E-state index contributed by atoms with van der Waals surface area (Å²) in [6.07, 6.45) is 2.02. The maximum Gasteiger partial charge on any atom is 0.321 e. The Kier molecular flexibility index (Phi) is 6.11. The summed E-state index contributed by atoms with van der Waals surface area (Å²) in [6, 6.07) is 3.49. The molecule has 1 atom stereocenters. The molecule has 144 valence electrons. The Morgan fingerprint density at radius 2 is 2.19 bits per heavy atom. The van der Waals surface area contributed by atoms with E-state index in [2.05, 4.69) is 20.8 Å². The van der Waals surface area contributed by atoms with Crippen LogP contribution in [0.3, 0.4) is 0 Å². The van der Waals surface area contributed by atoms with Crippen molar-refractivity contribution in [3.05, 3.63) is 17.5 Å². The van der Waals surface area contributed by atoms with Crippen LogP contribution in [0.1, 0.15) is 26.2 Å². The zero-order valence-corrected chi connectivity index (χ0v) is 16.3. The van der Waals surface area contributed by atoms with Gasteiger partial charge in [0.2, 0.25) is 11.8 Å². The van der Waals surface area contributed by atoms with E-state index in [0.717, 1.165) is 17.7 Å². The Labute approximate surface area is 164 Å². The third kappa shape index (κ3) is 5.30. The minimum atomic E-state index is -0.567. The predicted molar refractivity (Wildman–Crippen MR) is 102 cm³/mol. The number of thiophene rings is 1. The van der Waals surface area contributed by atoms with Crippen LogP contribution in [0.4, 0.5) is 4.79 Å². The van der Waals surface area contributed by atoms with Crippen LogP contribution in [0.15, 0.2) is 22.7 Å². The highest BCUT2D eigenvalue weighted by Gasteiger charge is 2.26. The van der Waals surface area contributed by atoms with Crippen molar-refractivity contribution in [2.45, 2.75) is 49.2 Å². The highest BCUT2D eigenvalue weighted by Crippen LogP contribution is 2.29. The van der Waals surface area contributed by atoms with Crippen molar-refractivity contribution in [3.8, 4) is 10.7 Å². The van der Waals surface area contributed by atoms with Gasteiger partial charge in [0, 0.05) is 19.0 Å². The van der Waals surface area contributed by atoms with Crippen molar-refractivity contribution in [3.63, 3.8) is 0 Å². The predicted octanol–water partition coefficient (Wildman–Crippen LogP) is 1.35. The van der Waals surface area contributed by atoms with E-state index >= 15 is 0 Å². The fourth-order valence-electron chi connectivity index (χ4n) is 2.26. The van der Waals surface area contributed by atoms with Crippen molar-refractivity contribution < 1.29 is 14.4 Å². The molecule has 4 amide bonds. The van der Waals surface area contributed by atoms with Gasteiger partial charge >= 0.3 is 6.03 Å². The second-order valence-corrected chi connectivity index (χ2v) is 8.40. The number of carbonyl (C=O) groups is 3. The molecule has 1 aliphatic carbocycles. The minimum Gasteiger partial charge on any atom is -0.370 e. The summed E-state index contributed by atoms with van der Waals surface area (Å²) in [6.45, 7) is 2.00. The molecule has 0 saturated heterocycles. The molecule has 0 aromatic carbocycles. The number of carbonyl (C=O) groups excluding carboxylic acids is 3. The van der Waals surface area contributed by atoms with E-state index in [1.165, 1.54) is 23.1 Å². The molecule has 2 heterocycles. The molecule has 9 nitrogen and oxygen atoms in total. The lowest BCUT2D eigenvalue weighted by molar-refractivity contribution is -0.119. The van der Waals surface area contributed by atoms with E-state index in [1.807, 2.05) is 17.5 Å². The number of nitrogens with one attached hydrogen (secondary N) is 2. The number of primary amides is 1. The summed E-state index contributed by atoms with van der Waals surface area (Å²) in [5, 5.41) is 15.2. The Balaban J connectivity index is 1.69. The first-order chi connectivity index (χ1) is 12.9. The van der Waals surface area contributed by atoms with Crippen molar-refractivity contribution in [1.82, 2.24) is 25.4 Å². The quantitative estimate of drug-likeness (QED) is 0.565. The van der Waals surface area contributed by atoms with Crippen molar-refractivity contribution in [2.24, 2.45) is 5.73 Å². The minimum absolute atomic E-state index is 0.133. The molecule has 1 unspecified atom stereocenters. The van der Waals surface area contributed by atoms with Crippen molar-refractivity contribution in [1.29, 1.82) is 0 Å². The third-order valence-electron chi connectivity index (χ3n) is 3.84. The third-order valence-corrected chi connectivity index (χ3v) is 5.79. The molecule has 11 heteroatoms. The molecule has 0 bridgehead atoms. The number of hydrogen-bond donors (Lipinski definition) is 3. The topological polar surface area (TPSA) is 132 Å². The Bertz CT molecular complexity index is 831. The summed E-state index contributed by atoms with van der Waals surface area (Å²) < 4.78 is 1.77. The lowest BCUT2D eigenvalue weighted by atomic mass is 10.4. The van der Waals surface area contributed by atoms with Gasteiger partial charge in [-0.15, -0.1) is 21.5 Å². The van der Waals surface area contributed by atoms with Gasteiger partial charge in [-0.05, 0) is 31.2 Å². The molecule has 4 N–H and O–H groups in total. The number of thioether (sulfide) groups is 1. The number of nitrogens with zero attached hydrogens (tertiary/aromatic N) is 3. The van der Waals surface area contributed by atoms with Gasteiger partial charge in [-0.2, -0.15) is 0 Å². The molecular formula is C16H20N6O3S2. The molecule has 1 saturated carbocycles. The van der Waals surface area contributed by atoms with Crippen LogP contribution >= 0.6 is 23.1 Å². The number of rotatable bonds is 8. The fourth-order valence-corrected chi connectivity index (χ4v) is 3.85. The number of amides is 4. The summed E-state index contributed by atoms with van der Waals surface area (Å²) in [7, 11) is 0. The van der Waals surface area contributed by atoms with Crippen molar-refractivity contribution >= 4 is 40.9 Å². The zero-order valence-electron chi connectivity index (χ0n) is 14.7. The van der Waals surface area contributed by atoms with Gasteiger partial charge in [0.25, 0.3) is 0 Å². The first kappa shape index (κ1) is 19.4. The molecule has 1 fully saturated rings. The van der Waals surface area contributed by atoms with E-state index in [9.17, 15) is 14.4 Å². The van der Waals surface area contributed by atoms with E-state index < -0.39 is 23.1 Å². The molecule has 0 radical (unpaired) electrons. The van der Waals surface area contributed by atoms with Gasteiger partial charge in [0.1, 0.15) is 0 Å². The highest BCUT2D eigenvalue weighted by atomic mass is 32.2. The molecule has 27 heavy (non-hydrogen) atoms. The summed E-state index contributed by atoms with van der Waals surface area (Å²) in [4.78, 5) is 36.1. The average Bonchev–Trinajstić information content (AvgIpc) is 3.10.